The van der Waals surface area contributed by atoms with E-state index in [4.69, 9.17) is 4.74 Å². The number of aliphatic hydroxyl groups is 1. The Bertz CT molecular complexity index is 1320. The number of Topliss-reactive ketones (excluding diaryl/α,β-unsaturated/α-hetero) is 1. The topological polar surface area (TPSA) is 130 Å². The van der Waals surface area contributed by atoms with Gasteiger partial charge in [-0.1, -0.05) is 39.0 Å². The van der Waals surface area contributed by atoms with E-state index in [2.05, 4.69) is 5.32 Å². The van der Waals surface area contributed by atoms with E-state index in [9.17, 15) is 29.4 Å². The van der Waals surface area contributed by atoms with E-state index in [1.165, 1.54) is 19.1 Å². The van der Waals surface area contributed by atoms with Gasteiger partial charge in [-0.15, -0.1) is 0 Å². The van der Waals surface area contributed by atoms with Crippen LogP contribution in [0.4, 0.5) is 0 Å². The molecule has 4 rings (SSSR count). The van der Waals surface area contributed by atoms with Crippen molar-refractivity contribution >= 4 is 23.4 Å². The molecule has 8 heteroatoms. The molecular weight excluding hydrogens is 498 g/mol. The largest absolute Gasteiger partial charge is 0.507 e. The number of carbonyl (C=O) groups is 4. The van der Waals surface area contributed by atoms with Gasteiger partial charge in [0.25, 0.3) is 0 Å². The SMILES string of the molecule is CC[C@H]1/C=C/C[C@H](CC(C)C)OC(=O)C(C)=C[C@H]2C(=O)NC3=CC(=O)c4c(cc(C)c(O)c4C(=O)CC1)[C@@]32O. The molecule has 0 radical (unpaired) electrons. The number of allylic oxidation sites excluding steroid dienone is 2. The molecule has 1 aliphatic carbocycles. The number of esters is 1. The Morgan fingerprint density at radius 1 is 1.15 bits per heavy atom. The fraction of sp³-hybridized carbons (Fsp3) is 0.484. The van der Waals surface area contributed by atoms with Crippen LogP contribution in [-0.2, 0) is 19.9 Å². The number of aromatic hydroxyl groups is 1. The third kappa shape index (κ3) is 5.22. The Morgan fingerprint density at radius 3 is 2.54 bits per heavy atom. The summed E-state index contributed by atoms with van der Waals surface area (Å²) in [6, 6.07) is 1.44. The standard InChI is InChI=1S/C31H37NO7/c1-6-19-8-7-9-20(12-16(2)3)39-30(37)18(5)14-22-29(36)32-25-15-24(34)26-21(31(22,25)38)13-17(4)28(35)27(26)23(33)11-10-19/h7-8,13-16,19-20,22,35,38H,6,9-12H2,1-5H3,(H,32,36)/b8-7+,18-14?/t19-,20+,22-,31-/m0/s1. The summed E-state index contributed by atoms with van der Waals surface area (Å²) in [6.45, 7) is 9.20. The Morgan fingerprint density at radius 2 is 1.87 bits per heavy atom. The van der Waals surface area contributed by atoms with Gasteiger partial charge < -0.3 is 20.3 Å². The third-order valence-corrected chi connectivity index (χ3v) is 7.92. The van der Waals surface area contributed by atoms with Crippen molar-refractivity contribution < 1.29 is 34.1 Å². The Labute approximate surface area is 228 Å². The molecule has 39 heavy (non-hydrogen) atoms. The van der Waals surface area contributed by atoms with Crippen LogP contribution in [0.2, 0.25) is 0 Å². The van der Waals surface area contributed by atoms with Crippen LogP contribution in [0.25, 0.3) is 0 Å². The predicted octanol–water partition coefficient (Wildman–Crippen LogP) is 4.57. The second-order valence-electron chi connectivity index (χ2n) is 11.3. The quantitative estimate of drug-likeness (QED) is 0.382. The average molecular weight is 536 g/mol. The van der Waals surface area contributed by atoms with Crippen molar-refractivity contribution in [2.45, 2.75) is 78.4 Å². The molecule has 1 aromatic carbocycles. The van der Waals surface area contributed by atoms with Crippen molar-refractivity contribution in [1.82, 2.24) is 5.32 Å². The van der Waals surface area contributed by atoms with Crippen LogP contribution in [0, 0.1) is 24.7 Å². The highest BCUT2D eigenvalue weighted by Crippen LogP contribution is 2.49. The van der Waals surface area contributed by atoms with Crippen molar-refractivity contribution in [3.8, 4) is 5.75 Å². The van der Waals surface area contributed by atoms with Crippen molar-refractivity contribution in [1.29, 1.82) is 0 Å². The summed E-state index contributed by atoms with van der Waals surface area (Å²) in [5.41, 5.74) is -1.83. The number of ketones is 2. The molecule has 208 valence electrons. The van der Waals surface area contributed by atoms with Crippen molar-refractivity contribution in [3.05, 3.63) is 63.9 Å². The van der Waals surface area contributed by atoms with Crippen LogP contribution in [0.3, 0.4) is 0 Å². The van der Waals surface area contributed by atoms with Gasteiger partial charge in [-0.25, -0.2) is 4.79 Å². The summed E-state index contributed by atoms with van der Waals surface area (Å²) >= 11 is 0. The lowest BCUT2D eigenvalue weighted by Gasteiger charge is -2.34. The smallest absolute Gasteiger partial charge is 0.333 e. The zero-order valence-corrected chi connectivity index (χ0v) is 23.2. The van der Waals surface area contributed by atoms with Crippen LogP contribution in [0.5, 0.6) is 5.75 Å². The van der Waals surface area contributed by atoms with Gasteiger partial charge in [0.15, 0.2) is 11.6 Å². The first kappa shape index (κ1) is 28.5. The van der Waals surface area contributed by atoms with E-state index >= 15 is 0 Å². The number of phenols is 1. The molecule has 2 heterocycles. The molecule has 0 aromatic heterocycles. The number of benzene rings is 1. The molecule has 0 unspecified atom stereocenters. The summed E-state index contributed by atoms with van der Waals surface area (Å²) in [6.07, 6.45) is 8.57. The molecule has 3 N–H and O–H groups in total. The molecule has 1 saturated heterocycles. The average Bonchev–Trinajstić information content (AvgIpc) is 3.10. The summed E-state index contributed by atoms with van der Waals surface area (Å²) in [7, 11) is 0. The van der Waals surface area contributed by atoms with Crippen molar-refractivity contribution in [2.24, 2.45) is 17.8 Å². The zero-order valence-electron chi connectivity index (χ0n) is 23.2. The van der Waals surface area contributed by atoms with Gasteiger partial charge in [0.2, 0.25) is 5.91 Å². The molecule has 4 bridgehead atoms. The zero-order chi connectivity index (χ0) is 28.6. The molecule has 0 spiro atoms. The summed E-state index contributed by atoms with van der Waals surface area (Å²) in [5, 5.41) is 25.6. The van der Waals surface area contributed by atoms with E-state index in [1.807, 2.05) is 32.9 Å². The van der Waals surface area contributed by atoms with E-state index < -0.39 is 35.0 Å². The highest BCUT2D eigenvalue weighted by Gasteiger charge is 2.55. The lowest BCUT2D eigenvalue weighted by atomic mass is 9.72. The highest BCUT2D eigenvalue weighted by molar-refractivity contribution is 6.17. The van der Waals surface area contributed by atoms with Gasteiger partial charge in [0, 0.05) is 35.6 Å². The lowest BCUT2D eigenvalue weighted by molar-refractivity contribution is -0.144. The van der Waals surface area contributed by atoms with Crippen LogP contribution < -0.4 is 5.32 Å². The maximum atomic E-state index is 13.5. The minimum atomic E-state index is -2.03. The number of hydrogen-bond donors (Lipinski definition) is 3. The van der Waals surface area contributed by atoms with Gasteiger partial charge >= 0.3 is 5.97 Å². The second-order valence-corrected chi connectivity index (χ2v) is 11.3. The fourth-order valence-corrected chi connectivity index (χ4v) is 5.74. The summed E-state index contributed by atoms with van der Waals surface area (Å²) < 4.78 is 5.83. The first-order valence-corrected chi connectivity index (χ1v) is 13.6. The van der Waals surface area contributed by atoms with E-state index in [0.717, 1.165) is 12.5 Å². The molecule has 8 nitrogen and oxygen atoms in total. The van der Waals surface area contributed by atoms with Crippen molar-refractivity contribution in [3.63, 3.8) is 0 Å². The van der Waals surface area contributed by atoms with Crippen LogP contribution in [0.1, 0.15) is 91.6 Å². The minimum Gasteiger partial charge on any atom is -0.507 e. The summed E-state index contributed by atoms with van der Waals surface area (Å²) in [4.78, 5) is 53.0. The molecule has 2 aliphatic heterocycles. The molecular formula is C31H37NO7. The van der Waals surface area contributed by atoms with Crippen LogP contribution >= 0.6 is 0 Å². The number of phenolic OH excluding ortho intramolecular Hbond substituents is 1. The normalized spacial score (nSPS) is 28.4. The molecule has 1 fully saturated rings. The number of hydrogen-bond acceptors (Lipinski definition) is 7. The predicted molar refractivity (Wildman–Crippen MR) is 145 cm³/mol. The maximum Gasteiger partial charge on any atom is 0.333 e. The Balaban J connectivity index is 1.91. The number of rotatable bonds is 3. The Hall–Kier alpha value is -3.52. The van der Waals surface area contributed by atoms with Crippen LogP contribution in [-0.4, -0.2) is 39.8 Å². The number of cyclic esters (lactones) is 1. The van der Waals surface area contributed by atoms with Crippen molar-refractivity contribution in [2.75, 3.05) is 0 Å². The first-order chi connectivity index (χ1) is 18.4. The maximum absolute atomic E-state index is 13.5. The van der Waals surface area contributed by atoms with Gasteiger partial charge in [-0.05, 0) is 56.6 Å². The second kappa shape index (κ2) is 10.9. The first-order valence-electron chi connectivity index (χ1n) is 13.6. The molecule has 4 atom stereocenters. The molecule has 3 aliphatic rings. The summed E-state index contributed by atoms with van der Waals surface area (Å²) in [5.74, 6) is -3.42. The fourth-order valence-electron chi connectivity index (χ4n) is 5.74. The number of amides is 1. The van der Waals surface area contributed by atoms with Gasteiger partial charge in [0.1, 0.15) is 17.5 Å². The third-order valence-electron chi connectivity index (χ3n) is 7.92. The molecule has 1 aromatic rings. The Kier molecular flexibility index (Phi) is 7.98. The minimum absolute atomic E-state index is 0.0262. The monoisotopic (exact) mass is 535 g/mol. The van der Waals surface area contributed by atoms with E-state index in [0.29, 0.717) is 24.8 Å². The van der Waals surface area contributed by atoms with Gasteiger partial charge in [0.05, 0.1) is 17.2 Å². The number of aryl methyl sites for hydroxylation is 1. The van der Waals surface area contributed by atoms with E-state index in [-0.39, 0.29) is 58.1 Å². The van der Waals surface area contributed by atoms with Crippen LogP contribution in [0.15, 0.2) is 41.6 Å². The van der Waals surface area contributed by atoms with Gasteiger partial charge in [-0.3, -0.25) is 14.4 Å². The van der Waals surface area contributed by atoms with E-state index in [1.54, 1.807) is 6.92 Å². The molecule has 0 saturated carbocycles. The lowest BCUT2D eigenvalue weighted by Crippen LogP contribution is -2.39. The number of carbonyl (C=O) groups excluding carboxylic acids is 4. The number of nitrogens with one attached hydrogen (secondary N) is 1. The van der Waals surface area contributed by atoms with Gasteiger partial charge in [-0.2, -0.15) is 0 Å². The molecule has 1 amide bonds. The number of ether oxygens (including phenoxy) is 1. The highest BCUT2D eigenvalue weighted by atomic mass is 16.5.